The molecule has 0 bridgehead atoms. The summed E-state index contributed by atoms with van der Waals surface area (Å²) in [4.78, 5) is 12.0. The van der Waals surface area contributed by atoms with E-state index < -0.39 is 22.9 Å². The monoisotopic (exact) mass is 352 g/mol. The summed E-state index contributed by atoms with van der Waals surface area (Å²) in [5, 5.41) is 0. The molecule has 0 aliphatic carbocycles. The summed E-state index contributed by atoms with van der Waals surface area (Å²) >= 11 is 0. The van der Waals surface area contributed by atoms with Gasteiger partial charge >= 0.3 is 6.09 Å². The number of para-hydroxylation sites is 2. The Balaban J connectivity index is 0.00000139. The molecule has 6 nitrogen and oxygen atoms in total. The highest BCUT2D eigenvalue weighted by atomic mass is 32.2. The summed E-state index contributed by atoms with van der Waals surface area (Å²) < 4.78 is 26.5. The SMILES string of the molecule is CC.CS(=O)Nc1ccccc1OC(C)(C)OC(=O)n1cccc1. The molecule has 2 aromatic rings. The standard InChI is InChI=1S/C15H18N2O4S.C2H6/c1-15(2,21-14(18)17-10-6-7-11-17)20-13-9-5-4-8-12(13)16-22(3)19;1-2/h4-11,16H,1-3H3;1-2H3. The number of anilines is 1. The molecule has 1 aromatic heterocycles. The molecule has 0 aliphatic heterocycles. The highest BCUT2D eigenvalue weighted by Gasteiger charge is 2.26. The minimum atomic E-state index is -1.23. The van der Waals surface area contributed by atoms with Gasteiger partial charge in [0.05, 0.1) is 5.69 Å². The van der Waals surface area contributed by atoms with Crippen molar-refractivity contribution in [1.29, 1.82) is 0 Å². The summed E-state index contributed by atoms with van der Waals surface area (Å²) in [6, 6.07) is 10.5. The normalized spacial score (nSPS) is 11.7. The first-order valence-electron chi connectivity index (χ1n) is 7.62. The largest absolute Gasteiger partial charge is 0.451 e. The molecule has 7 heteroatoms. The van der Waals surface area contributed by atoms with Gasteiger partial charge in [0.1, 0.15) is 16.7 Å². The Hall–Kier alpha value is -2.28. The van der Waals surface area contributed by atoms with Crippen molar-refractivity contribution in [2.24, 2.45) is 0 Å². The van der Waals surface area contributed by atoms with Crippen LogP contribution in [0.15, 0.2) is 48.8 Å². The molecule has 0 fully saturated rings. The second kappa shape index (κ2) is 9.12. The number of carbonyl (C=O) groups excluding carboxylic acids is 1. The van der Waals surface area contributed by atoms with Gasteiger partial charge < -0.3 is 14.2 Å². The number of ether oxygens (including phenoxy) is 2. The van der Waals surface area contributed by atoms with E-state index in [1.54, 1.807) is 62.6 Å². The van der Waals surface area contributed by atoms with Crippen molar-refractivity contribution in [3.63, 3.8) is 0 Å². The van der Waals surface area contributed by atoms with Crippen LogP contribution in [-0.2, 0) is 15.7 Å². The van der Waals surface area contributed by atoms with Crippen LogP contribution in [0.3, 0.4) is 0 Å². The Labute approximate surface area is 145 Å². The molecular formula is C17H24N2O4S. The molecule has 1 heterocycles. The molecule has 0 saturated carbocycles. The average Bonchev–Trinajstić information content (AvgIpc) is 3.04. The molecule has 1 unspecified atom stereocenters. The van der Waals surface area contributed by atoms with Crippen molar-refractivity contribution in [2.45, 2.75) is 33.5 Å². The van der Waals surface area contributed by atoms with Gasteiger partial charge in [-0.05, 0) is 24.3 Å². The lowest BCUT2D eigenvalue weighted by molar-refractivity contribution is -0.109. The topological polar surface area (TPSA) is 69.6 Å². The summed E-state index contributed by atoms with van der Waals surface area (Å²) in [7, 11) is -1.23. The van der Waals surface area contributed by atoms with E-state index in [-0.39, 0.29) is 0 Å². The number of benzene rings is 1. The van der Waals surface area contributed by atoms with E-state index in [2.05, 4.69) is 4.72 Å². The number of carbonyl (C=O) groups is 1. The number of nitrogens with one attached hydrogen (secondary N) is 1. The quantitative estimate of drug-likeness (QED) is 0.825. The lowest BCUT2D eigenvalue weighted by Gasteiger charge is -2.27. The van der Waals surface area contributed by atoms with Crippen LogP contribution in [0.4, 0.5) is 10.5 Å². The first kappa shape index (κ1) is 19.8. The van der Waals surface area contributed by atoms with Crippen LogP contribution in [-0.4, -0.2) is 26.9 Å². The van der Waals surface area contributed by atoms with Crippen LogP contribution in [0, 0.1) is 0 Å². The molecule has 24 heavy (non-hydrogen) atoms. The minimum absolute atomic E-state index is 0.447. The van der Waals surface area contributed by atoms with Gasteiger partial charge in [0, 0.05) is 32.5 Å². The summed E-state index contributed by atoms with van der Waals surface area (Å²) in [6.45, 7) is 7.27. The van der Waals surface area contributed by atoms with Crippen LogP contribution in [0.2, 0.25) is 0 Å². The van der Waals surface area contributed by atoms with Gasteiger partial charge in [-0.1, -0.05) is 26.0 Å². The first-order chi connectivity index (χ1) is 11.4. The zero-order valence-corrected chi connectivity index (χ0v) is 15.4. The summed E-state index contributed by atoms with van der Waals surface area (Å²) in [5.41, 5.74) is 0.563. The molecule has 132 valence electrons. The van der Waals surface area contributed by atoms with E-state index in [9.17, 15) is 9.00 Å². The lowest BCUT2D eigenvalue weighted by atomic mass is 10.3. The predicted molar refractivity (Wildman–Crippen MR) is 96.5 cm³/mol. The second-order valence-electron chi connectivity index (χ2n) is 5.01. The Morgan fingerprint density at radius 2 is 1.71 bits per heavy atom. The highest BCUT2D eigenvalue weighted by molar-refractivity contribution is 7.85. The van der Waals surface area contributed by atoms with E-state index in [0.717, 1.165) is 0 Å². The minimum Gasteiger partial charge on any atom is -0.451 e. The second-order valence-corrected chi connectivity index (χ2v) is 6.12. The van der Waals surface area contributed by atoms with Crippen molar-refractivity contribution >= 4 is 22.8 Å². The van der Waals surface area contributed by atoms with Gasteiger partial charge in [0.15, 0.2) is 0 Å². The first-order valence-corrected chi connectivity index (χ1v) is 9.18. The van der Waals surface area contributed by atoms with E-state index in [1.165, 1.54) is 10.8 Å². The van der Waals surface area contributed by atoms with Gasteiger partial charge in [0.2, 0.25) is 0 Å². The van der Waals surface area contributed by atoms with Crippen molar-refractivity contribution in [3.05, 3.63) is 48.8 Å². The van der Waals surface area contributed by atoms with Crippen molar-refractivity contribution in [1.82, 2.24) is 4.57 Å². The third kappa shape index (κ3) is 6.08. The Morgan fingerprint density at radius 3 is 2.29 bits per heavy atom. The zero-order valence-electron chi connectivity index (χ0n) is 14.6. The van der Waals surface area contributed by atoms with Crippen LogP contribution in [0.5, 0.6) is 5.75 Å². The average molecular weight is 352 g/mol. The van der Waals surface area contributed by atoms with Crippen LogP contribution >= 0.6 is 0 Å². The number of aromatic nitrogens is 1. The molecule has 1 N–H and O–H groups in total. The third-order valence-corrected chi connectivity index (χ3v) is 3.15. The van der Waals surface area contributed by atoms with E-state index in [1.807, 2.05) is 13.8 Å². The fraction of sp³-hybridized carbons (Fsp3) is 0.353. The molecule has 0 spiro atoms. The molecule has 0 radical (unpaired) electrons. The lowest BCUT2D eigenvalue weighted by Crippen LogP contribution is -2.36. The summed E-state index contributed by atoms with van der Waals surface area (Å²) in [5.74, 6) is -0.739. The van der Waals surface area contributed by atoms with Crippen LogP contribution < -0.4 is 9.46 Å². The van der Waals surface area contributed by atoms with Crippen LogP contribution in [0.1, 0.15) is 27.7 Å². The number of hydrogen-bond acceptors (Lipinski definition) is 4. The van der Waals surface area contributed by atoms with Crippen molar-refractivity contribution < 1.29 is 18.5 Å². The maximum Gasteiger partial charge on any atom is 0.421 e. The van der Waals surface area contributed by atoms with E-state index >= 15 is 0 Å². The Bertz CT molecular complexity index is 669. The summed E-state index contributed by atoms with van der Waals surface area (Å²) in [6.07, 6.45) is 4.16. The Morgan fingerprint density at radius 1 is 1.12 bits per heavy atom. The maximum absolute atomic E-state index is 12.0. The van der Waals surface area contributed by atoms with Gasteiger partial charge in [0.25, 0.3) is 5.79 Å². The fourth-order valence-corrected chi connectivity index (χ4v) is 2.28. The smallest absolute Gasteiger partial charge is 0.421 e. The third-order valence-electron chi connectivity index (χ3n) is 2.64. The van der Waals surface area contributed by atoms with Crippen LogP contribution in [0.25, 0.3) is 0 Å². The molecule has 2 rings (SSSR count). The van der Waals surface area contributed by atoms with Crippen molar-refractivity contribution in [2.75, 3.05) is 11.0 Å². The van der Waals surface area contributed by atoms with Crippen molar-refractivity contribution in [3.8, 4) is 5.75 Å². The predicted octanol–water partition coefficient (Wildman–Crippen LogP) is 4.02. The number of rotatable bonds is 5. The fourth-order valence-electron chi connectivity index (χ4n) is 1.80. The highest BCUT2D eigenvalue weighted by Crippen LogP contribution is 2.28. The van der Waals surface area contributed by atoms with E-state index in [0.29, 0.717) is 11.4 Å². The van der Waals surface area contributed by atoms with Gasteiger partial charge in [-0.25, -0.2) is 9.00 Å². The number of nitrogens with zero attached hydrogens (tertiary/aromatic N) is 1. The maximum atomic E-state index is 12.0. The Kier molecular flexibility index (Phi) is 7.51. The van der Waals surface area contributed by atoms with Gasteiger partial charge in [-0.15, -0.1) is 0 Å². The molecule has 1 atom stereocenters. The molecular weight excluding hydrogens is 328 g/mol. The van der Waals surface area contributed by atoms with Gasteiger partial charge in [-0.2, -0.15) is 0 Å². The van der Waals surface area contributed by atoms with E-state index in [4.69, 9.17) is 9.47 Å². The zero-order chi connectivity index (χ0) is 18.2. The van der Waals surface area contributed by atoms with Gasteiger partial charge in [-0.3, -0.25) is 4.57 Å². The molecule has 0 aliphatic rings. The molecule has 1 aromatic carbocycles. The number of hydrogen-bond donors (Lipinski definition) is 1. The molecule has 0 saturated heterocycles. The molecule has 0 amide bonds.